The van der Waals surface area contributed by atoms with Crippen LogP contribution in [0.15, 0.2) is 60.7 Å². The van der Waals surface area contributed by atoms with Crippen LogP contribution in [-0.4, -0.2) is 43.4 Å². The quantitative estimate of drug-likeness (QED) is 0.430. The number of Topliss-reactive ketones (excluding diaryl/α,β-unsaturated/α-hetero) is 1. The fourth-order valence-electron chi connectivity index (χ4n) is 3.41. The molecule has 4 nitrogen and oxygen atoms in total. The Balaban J connectivity index is 1.87. The molecule has 1 unspecified atom stereocenters. The van der Waals surface area contributed by atoms with Crippen LogP contribution in [-0.2, 0) is 14.3 Å². The highest BCUT2D eigenvalue weighted by Crippen LogP contribution is 2.28. The van der Waals surface area contributed by atoms with Crippen LogP contribution in [0.3, 0.4) is 0 Å². The molecule has 0 aliphatic heterocycles. The van der Waals surface area contributed by atoms with Gasteiger partial charge in [0.25, 0.3) is 0 Å². The third-order valence-electron chi connectivity index (χ3n) is 4.75. The van der Waals surface area contributed by atoms with Gasteiger partial charge in [0.1, 0.15) is 12.2 Å². The predicted octanol–water partition coefficient (Wildman–Crippen LogP) is 4.30. The van der Waals surface area contributed by atoms with Crippen LogP contribution < -0.4 is 0 Å². The maximum Gasteiger partial charge on any atom is 0.313 e. The molecule has 2 rings (SSSR count). The molecule has 150 valence electrons. The lowest BCUT2D eigenvalue weighted by Gasteiger charge is -2.24. The Morgan fingerprint density at radius 3 is 2.00 bits per heavy atom. The van der Waals surface area contributed by atoms with Crippen LogP contribution in [0, 0.1) is 5.92 Å². The number of ether oxygens (including phenoxy) is 1. The summed E-state index contributed by atoms with van der Waals surface area (Å²) >= 11 is 0. The molecule has 0 amide bonds. The SMILES string of the molecule is CC(=O)CC(=O)OCC(C)CN(C)CCC(c1ccccc1)c1ccccc1. The highest BCUT2D eigenvalue weighted by atomic mass is 16.5. The molecule has 0 aromatic heterocycles. The molecular weight excluding hydrogens is 350 g/mol. The lowest BCUT2D eigenvalue weighted by atomic mass is 9.88. The Labute approximate surface area is 168 Å². The Kier molecular flexibility index (Phi) is 8.89. The molecule has 1 atom stereocenters. The molecular formula is C24H31NO3. The molecule has 0 N–H and O–H groups in total. The molecule has 0 radical (unpaired) electrons. The molecule has 2 aromatic rings. The third-order valence-corrected chi connectivity index (χ3v) is 4.75. The van der Waals surface area contributed by atoms with Crippen molar-refractivity contribution in [1.82, 2.24) is 4.90 Å². The predicted molar refractivity (Wildman–Crippen MR) is 112 cm³/mol. The smallest absolute Gasteiger partial charge is 0.313 e. The summed E-state index contributed by atoms with van der Waals surface area (Å²) in [7, 11) is 2.10. The van der Waals surface area contributed by atoms with Gasteiger partial charge in [-0.1, -0.05) is 67.6 Å². The lowest BCUT2D eigenvalue weighted by molar-refractivity contribution is -0.146. The van der Waals surface area contributed by atoms with Crippen molar-refractivity contribution in [2.24, 2.45) is 5.92 Å². The molecule has 0 spiro atoms. The van der Waals surface area contributed by atoms with E-state index in [1.54, 1.807) is 0 Å². The van der Waals surface area contributed by atoms with Crippen molar-refractivity contribution in [3.63, 3.8) is 0 Å². The first-order chi connectivity index (χ1) is 13.5. The average Bonchev–Trinajstić information content (AvgIpc) is 2.68. The second-order valence-corrected chi connectivity index (χ2v) is 7.59. The summed E-state index contributed by atoms with van der Waals surface area (Å²) in [5.74, 6) is -0.0285. The van der Waals surface area contributed by atoms with Crippen molar-refractivity contribution in [3.05, 3.63) is 71.8 Å². The van der Waals surface area contributed by atoms with E-state index in [1.165, 1.54) is 18.1 Å². The number of esters is 1. The van der Waals surface area contributed by atoms with E-state index < -0.39 is 5.97 Å². The number of hydrogen-bond donors (Lipinski definition) is 0. The van der Waals surface area contributed by atoms with Gasteiger partial charge in [0.05, 0.1) is 6.61 Å². The van der Waals surface area contributed by atoms with Gasteiger partial charge >= 0.3 is 5.97 Å². The Hall–Kier alpha value is -2.46. The second kappa shape index (κ2) is 11.4. The highest BCUT2D eigenvalue weighted by molar-refractivity contribution is 5.94. The van der Waals surface area contributed by atoms with Crippen molar-refractivity contribution in [1.29, 1.82) is 0 Å². The van der Waals surface area contributed by atoms with E-state index >= 15 is 0 Å². The van der Waals surface area contributed by atoms with Crippen LogP contribution in [0.5, 0.6) is 0 Å². The van der Waals surface area contributed by atoms with E-state index in [4.69, 9.17) is 4.74 Å². The van der Waals surface area contributed by atoms with Crippen molar-refractivity contribution >= 4 is 11.8 Å². The van der Waals surface area contributed by atoms with Crippen molar-refractivity contribution < 1.29 is 14.3 Å². The first-order valence-electron chi connectivity index (χ1n) is 9.89. The molecule has 0 aliphatic rings. The molecule has 28 heavy (non-hydrogen) atoms. The Morgan fingerprint density at radius 2 is 1.50 bits per heavy atom. The minimum Gasteiger partial charge on any atom is -0.465 e. The fourth-order valence-corrected chi connectivity index (χ4v) is 3.41. The van der Waals surface area contributed by atoms with Gasteiger partial charge < -0.3 is 9.64 Å². The normalized spacial score (nSPS) is 12.2. The maximum absolute atomic E-state index is 11.5. The topological polar surface area (TPSA) is 46.6 Å². The van der Waals surface area contributed by atoms with E-state index in [1.807, 2.05) is 12.1 Å². The zero-order valence-electron chi connectivity index (χ0n) is 17.1. The van der Waals surface area contributed by atoms with E-state index in [9.17, 15) is 9.59 Å². The van der Waals surface area contributed by atoms with Crippen LogP contribution in [0.2, 0.25) is 0 Å². The highest BCUT2D eigenvalue weighted by Gasteiger charge is 2.16. The van der Waals surface area contributed by atoms with Crippen LogP contribution in [0.25, 0.3) is 0 Å². The fraction of sp³-hybridized carbons (Fsp3) is 0.417. The summed E-state index contributed by atoms with van der Waals surface area (Å²) in [6.07, 6.45) is 0.875. The monoisotopic (exact) mass is 381 g/mol. The third kappa shape index (κ3) is 7.65. The zero-order chi connectivity index (χ0) is 20.4. The molecule has 0 saturated carbocycles. The minimum absolute atomic E-state index is 0.140. The molecule has 2 aromatic carbocycles. The lowest BCUT2D eigenvalue weighted by Crippen LogP contribution is -2.29. The summed E-state index contributed by atoms with van der Waals surface area (Å²) < 4.78 is 5.19. The first kappa shape index (κ1) is 21.8. The van der Waals surface area contributed by atoms with Gasteiger partial charge in [0.15, 0.2) is 0 Å². The zero-order valence-corrected chi connectivity index (χ0v) is 17.1. The van der Waals surface area contributed by atoms with Crippen LogP contribution in [0.4, 0.5) is 0 Å². The number of hydrogen-bond acceptors (Lipinski definition) is 4. The largest absolute Gasteiger partial charge is 0.465 e. The van der Waals surface area contributed by atoms with Crippen LogP contribution >= 0.6 is 0 Å². The summed E-state index contributed by atoms with van der Waals surface area (Å²) in [4.78, 5) is 24.7. The van der Waals surface area contributed by atoms with Gasteiger partial charge in [-0.15, -0.1) is 0 Å². The maximum atomic E-state index is 11.5. The minimum atomic E-state index is -0.435. The van der Waals surface area contributed by atoms with E-state index in [0.717, 1.165) is 19.5 Å². The molecule has 0 aliphatic carbocycles. The van der Waals surface area contributed by atoms with Crippen molar-refractivity contribution in [3.8, 4) is 0 Å². The molecule has 4 heteroatoms. The number of rotatable bonds is 11. The van der Waals surface area contributed by atoms with Crippen molar-refractivity contribution in [2.45, 2.75) is 32.6 Å². The molecule has 0 heterocycles. The number of ketones is 1. The Morgan fingerprint density at radius 1 is 0.964 bits per heavy atom. The number of benzene rings is 2. The number of carbonyl (C=O) groups is 2. The number of carbonyl (C=O) groups excluding carboxylic acids is 2. The van der Waals surface area contributed by atoms with Gasteiger partial charge in [-0.25, -0.2) is 0 Å². The summed E-state index contributed by atoms with van der Waals surface area (Å²) in [6.45, 7) is 5.58. The van der Waals surface area contributed by atoms with Crippen molar-refractivity contribution in [2.75, 3.05) is 26.7 Å². The van der Waals surface area contributed by atoms with E-state index in [-0.39, 0.29) is 18.1 Å². The van der Waals surface area contributed by atoms with Gasteiger partial charge in [-0.05, 0) is 38.1 Å². The average molecular weight is 382 g/mol. The standard InChI is InChI=1S/C24H31NO3/c1-19(18-28-24(27)16-20(2)26)17-25(3)15-14-23(21-10-6-4-7-11-21)22-12-8-5-9-13-22/h4-13,19,23H,14-18H2,1-3H3. The van der Waals surface area contributed by atoms with Crippen LogP contribution in [0.1, 0.15) is 43.7 Å². The Bertz CT molecular complexity index is 691. The van der Waals surface area contributed by atoms with Gasteiger partial charge in [-0.2, -0.15) is 0 Å². The van der Waals surface area contributed by atoms with Gasteiger partial charge in [0, 0.05) is 18.4 Å². The number of nitrogens with zero attached hydrogens (tertiary/aromatic N) is 1. The van der Waals surface area contributed by atoms with E-state index in [2.05, 4.69) is 67.4 Å². The molecule has 0 fully saturated rings. The molecule has 0 bridgehead atoms. The summed E-state index contributed by atoms with van der Waals surface area (Å²) in [5.41, 5.74) is 2.65. The first-order valence-corrected chi connectivity index (χ1v) is 9.89. The van der Waals surface area contributed by atoms with E-state index in [0.29, 0.717) is 12.5 Å². The van der Waals surface area contributed by atoms with Gasteiger partial charge in [-0.3, -0.25) is 9.59 Å². The molecule has 0 saturated heterocycles. The summed E-state index contributed by atoms with van der Waals surface area (Å²) in [6, 6.07) is 21.2. The second-order valence-electron chi connectivity index (χ2n) is 7.59. The van der Waals surface area contributed by atoms with Gasteiger partial charge in [0.2, 0.25) is 0 Å². The summed E-state index contributed by atoms with van der Waals surface area (Å²) in [5, 5.41) is 0.